The summed E-state index contributed by atoms with van der Waals surface area (Å²) in [6, 6.07) is 34.1. The number of amides is 8. The fourth-order valence-corrected chi connectivity index (χ4v) is 13.5. The Morgan fingerprint density at radius 3 is 0.960 bits per heavy atom. The lowest BCUT2D eigenvalue weighted by Crippen LogP contribution is -2.50. The van der Waals surface area contributed by atoms with Crippen molar-refractivity contribution in [2.45, 2.75) is 88.7 Å². The number of carbonyl (C=O) groups excluding carboxylic acids is 8. The number of aromatic nitrogens is 14. The van der Waals surface area contributed by atoms with Gasteiger partial charge in [-0.25, -0.2) is 19.2 Å². The maximum absolute atomic E-state index is 13.1. The molecule has 8 aromatic heterocycles. The Kier molecular flexibility index (Phi) is 28.2. The Morgan fingerprint density at radius 1 is 0.397 bits per heavy atom. The maximum Gasteiger partial charge on any atom is 0.342 e. The molecule has 4 aliphatic rings. The van der Waals surface area contributed by atoms with Gasteiger partial charge in [0.25, 0.3) is 23.6 Å². The summed E-state index contributed by atoms with van der Waals surface area (Å²) in [6.07, 6.45) is 21.5. The number of ether oxygens (including phenoxy) is 4. The van der Waals surface area contributed by atoms with Gasteiger partial charge in [-0.1, -0.05) is 67.7 Å². The Bertz CT molecular complexity index is 5750. The van der Waals surface area contributed by atoms with Crippen LogP contribution < -0.4 is 59.8 Å². The first-order chi connectivity index (χ1) is 60.4. The zero-order chi connectivity index (χ0) is 89.3. The van der Waals surface area contributed by atoms with Gasteiger partial charge in [0.15, 0.2) is 0 Å². The summed E-state index contributed by atoms with van der Waals surface area (Å²) in [7, 11) is 6.52. The Morgan fingerprint density at radius 2 is 0.683 bits per heavy atom. The van der Waals surface area contributed by atoms with Crippen molar-refractivity contribution < 1.29 is 67.5 Å². The van der Waals surface area contributed by atoms with Gasteiger partial charge >= 0.3 is 24.1 Å². The number of nitrogens with zero attached hydrogens (tertiary/aromatic N) is 18. The van der Waals surface area contributed by atoms with E-state index in [0.717, 1.165) is 63.3 Å². The summed E-state index contributed by atoms with van der Waals surface area (Å²) in [5.74, 6) is 12.2. The molecule has 126 heavy (non-hydrogen) atoms. The van der Waals surface area contributed by atoms with E-state index in [1.165, 1.54) is 29.0 Å². The highest BCUT2D eigenvalue weighted by Gasteiger charge is 2.36. The van der Waals surface area contributed by atoms with Gasteiger partial charge in [-0.2, -0.15) is 59.5 Å². The second kappa shape index (κ2) is 40.0. The van der Waals surface area contributed by atoms with E-state index in [1.807, 2.05) is 60.7 Å². The molecule has 0 bridgehead atoms. The monoisotopic (exact) mass is 1830 g/mol. The van der Waals surface area contributed by atoms with Crippen molar-refractivity contribution >= 4 is 102 Å². The van der Waals surface area contributed by atoms with Gasteiger partial charge in [-0.3, -0.25) is 29.1 Å². The smallest absolute Gasteiger partial charge is 0.342 e. The molecule has 0 spiro atoms. The molecular formula is C88H84Br2N22O14. The number of pyridine rings is 2. The fourth-order valence-electron chi connectivity index (χ4n) is 12.8. The zero-order valence-corrected chi connectivity index (χ0v) is 72.4. The molecule has 4 aromatic carbocycles. The third-order valence-electron chi connectivity index (χ3n) is 19.2. The quantitative estimate of drug-likeness (QED) is 0.0631. The normalized spacial score (nSPS) is 15.7. The number of halogens is 2. The highest BCUT2D eigenvalue weighted by molar-refractivity contribution is 9.10. The lowest BCUT2D eigenvalue weighted by atomic mass is 10.1. The SMILES string of the molecule is CN1C(=O)C(NC(=O)n2cc(Cc3ccccn3)cn2)COc2ccc(Br)cc21.CN1C(=O)C(NC(=O)n2cc(Cc3cccnn3)cn2)COc2ccc(C#CC(C)(C)O)cc21.CN1C(=O)[C@H](NC(=O)n2cc(Cc3ccccn3)cn2)COc2ccc(Br)cc21.CN1C(=O)[C@H](NC(=O)n2cc(Cc3cccnn3)cn2)COc2ccc(C#CC(C)(C)O)cc21. The minimum Gasteiger partial charge on any atom is -0.489 e. The average molecular weight is 1830 g/mol. The van der Waals surface area contributed by atoms with Gasteiger partial charge in [0.1, 0.15) is 84.8 Å². The molecule has 644 valence electrons. The Hall–Kier alpha value is -14.9. The highest BCUT2D eigenvalue weighted by atomic mass is 79.9. The van der Waals surface area contributed by atoms with Crippen molar-refractivity contribution in [3.05, 3.63) is 273 Å². The largest absolute Gasteiger partial charge is 0.489 e. The van der Waals surface area contributed by atoms with Gasteiger partial charge < -0.3 is 70.0 Å². The van der Waals surface area contributed by atoms with Crippen LogP contribution in [-0.4, -0.2) is 217 Å². The summed E-state index contributed by atoms with van der Waals surface area (Å²) in [6.45, 7) is 6.36. The molecule has 6 N–H and O–H groups in total. The van der Waals surface area contributed by atoms with E-state index in [2.05, 4.69) is 128 Å². The topological polar surface area (TPSA) is 424 Å². The number of likely N-dealkylation sites (N-methyl/N-ethyl adjacent to an activating group) is 4. The summed E-state index contributed by atoms with van der Waals surface area (Å²) in [4.78, 5) is 117. The number of anilines is 4. The van der Waals surface area contributed by atoms with Crippen LogP contribution in [0.25, 0.3) is 0 Å². The lowest BCUT2D eigenvalue weighted by Gasteiger charge is -2.20. The molecule has 0 saturated heterocycles. The van der Waals surface area contributed by atoms with Crippen LogP contribution in [0, 0.1) is 23.7 Å². The molecule has 12 heterocycles. The molecule has 4 atom stereocenters. The van der Waals surface area contributed by atoms with Gasteiger partial charge in [0.2, 0.25) is 0 Å². The Labute approximate surface area is 738 Å². The molecule has 0 aliphatic carbocycles. The number of aliphatic hydroxyl groups is 2. The van der Waals surface area contributed by atoms with Crippen molar-refractivity contribution in [1.82, 2.24) is 90.8 Å². The van der Waals surface area contributed by atoms with Gasteiger partial charge in [-0.15, -0.1) is 0 Å². The standard InChI is InChI=1S/2C24H24N6O4.2C20H18BrN5O3/c2*1-24(2,33)9-8-16-6-7-21-20(12-16)29(3)22(31)19(15-34-21)27-23(32)30-14-17(13-26-30)11-18-5-4-10-25-28-18;2*1-25-17-9-14(21)5-6-18(17)29-12-16(19(25)27)24-20(28)26-11-13(10-23-26)8-15-4-2-3-7-22-15/h2*4-7,10,12-14,19,33H,11,15H2,1-3H3,(H,27,32);2*2-7,9-11,16H,8,12H2,1H3,(H,24,28)/t19-;;16-;/m1.1./s1. The molecule has 0 radical (unpaired) electrons. The number of rotatable bonds is 12. The zero-order valence-electron chi connectivity index (χ0n) is 69.2. The number of hydrogen-bond donors (Lipinski definition) is 6. The molecule has 2 unspecified atom stereocenters. The molecule has 16 rings (SSSR count). The molecule has 4 aliphatic heterocycles. The first-order valence-electron chi connectivity index (χ1n) is 39.1. The van der Waals surface area contributed by atoms with Crippen LogP contribution in [-0.2, 0) is 44.9 Å². The molecule has 38 heteroatoms. The van der Waals surface area contributed by atoms with E-state index in [0.29, 0.717) is 82.6 Å². The number of fused-ring (bicyclic) bond motifs is 4. The van der Waals surface area contributed by atoms with E-state index in [1.54, 1.807) is 203 Å². The molecule has 36 nitrogen and oxygen atoms in total. The van der Waals surface area contributed by atoms with Crippen molar-refractivity contribution in [2.24, 2.45) is 0 Å². The van der Waals surface area contributed by atoms with Crippen LogP contribution in [0.5, 0.6) is 23.0 Å². The number of nitrogens with one attached hydrogen (secondary N) is 4. The van der Waals surface area contributed by atoms with Crippen molar-refractivity contribution in [3.8, 4) is 46.7 Å². The highest BCUT2D eigenvalue weighted by Crippen LogP contribution is 2.37. The van der Waals surface area contributed by atoms with E-state index in [4.69, 9.17) is 18.9 Å². The molecule has 8 amide bonds. The van der Waals surface area contributed by atoms with Gasteiger partial charge in [-0.05, 0) is 171 Å². The van der Waals surface area contributed by atoms with Crippen molar-refractivity contribution in [1.29, 1.82) is 0 Å². The first-order valence-corrected chi connectivity index (χ1v) is 40.7. The summed E-state index contributed by atoms with van der Waals surface area (Å²) in [5.41, 5.74) is 7.80. The van der Waals surface area contributed by atoms with Crippen LogP contribution in [0.15, 0.2) is 217 Å². The van der Waals surface area contributed by atoms with Crippen LogP contribution in [0.2, 0.25) is 0 Å². The Balaban J connectivity index is 0.000000144. The van der Waals surface area contributed by atoms with Crippen LogP contribution in [0.4, 0.5) is 41.9 Å². The third kappa shape index (κ3) is 23.5. The van der Waals surface area contributed by atoms with Crippen molar-refractivity contribution in [3.63, 3.8) is 0 Å². The van der Waals surface area contributed by atoms with Crippen molar-refractivity contribution in [2.75, 3.05) is 74.2 Å². The van der Waals surface area contributed by atoms with Crippen LogP contribution in [0.3, 0.4) is 0 Å². The number of benzene rings is 4. The van der Waals surface area contributed by atoms with E-state index >= 15 is 0 Å². The predicted octanol–water partition coefficient (Wildman–Crippen LogP) is 7.96. The molecular weight excluding hydrogens is 1750 g/mol. The summed E-state index contributed by atoms with van der Waals surface area (Å²) >= 11 is 6.79. The van der Waals surface area contributed by atoms with E-state index < -0.39 is 59.5 Å². The second-order valence-corrected chi connectivity index (χ2v) is 31.8. The number of carbonyl (C=O) groups is 8. The maximum atomic E-state index is 13.1. The number of hydrogen-bond acceptors (Lipinski definition) is 24. The first kappa shape index (κ1) is 88.9. The van der Waals surface area contributed by atoms with E-state index in [-0.39, 0.29) is 50.1 Å². The summed E-state index contributed by atoms with van der Waals surface area (Å²) < 4.78 is 29.4. The predicted molar refractivity (Wildman–Crippen MR) is 467 cm³/mol. The minimum absolute atomic E-state index is 0.0333. The molecule has 12 aromatic rings. The van der Waals surface area contributed by atoms with E-state index in [9.17, 15) is 48.6 Å². The summed E-state index contributed by atoms with van der Waals surface area (Å²) in [5, 5.41) is 62.5. The van der Waals surface area contributed by atoms with Gasteiger partial charge in [0, 0.05) is 135 Å². The van der Waals surface area contributed by atoms with Crippen LogP contribution >= 0.6 is 31.9 Å². The minimum atomic E-state index is -1.14. The van der Waals surface area contributed by atoms with Crippen LogP contribution in [0.1, 0.15) is 83.9 Å². The third-order valence-corrected chi connectivity index (χ3v) is 20.2. The second-order valence-electron chi connectivity index (χ2n) is 30.0. The lowest BCUT2D eigenvalue weighted by molar-refractivity contribution is -0.121. The molecule has 0 saturated carbocycles. The fraction of sp³-hybridized carbons (Fsp3) is 0.250. The molecule has 0 fully saturated rings. The average Bonchev–Trinajstić information content (AvgIpc) is 1.55. The van der Waals surface area contributed by atoms with Gasteiger partial charge in [0.05, 0.1) is 58.9 Å².